The Morgan fingerprint density at radius 1 is 1.30 bits per heavy atom. The van der Waals surface area contributed by atoms with Gasteiger partial charge in [0, 0.05) is 10.8 Å². The number of β-lactam (4-membered cyclic amide) rings is 1. The fraction of sp³-hybridized carbons (Fsp3) is 0.389. The molecule has 2 aliphatic rings. The number of fused-ring (bicyclic) bond motifs is 1. The Morgan fingerprint density at radius 3 is 2.48 bits per heavy atom. The Bertz CT molecular complexity index is 780. The topological polar surface area (TPSA) is 98.8 Å². The summed E-state index contributed by atoms with van der Waals surface area (Å²) >= 11 is 1.36. The Hall–Kier alpha value is -1.48. The van der Waals surface area contributed by atoms with Crippen LogP contribution in [0, 0.1) is 0 Å². The number of nitrogens with one attached hydrogen (secondary N) is 1. The van der Waals surface area contributed by atoms with Crippen molar-refractivity contribution in [3.8, 4) is 5.75 Å². The third-order valence-electron chi connectivity index (χ3n) is 4.50. The quantitative estimate of drug-likeness (QED) is 0.323. The number of methoxy groups -OCH3 is 1. The second-order valence-electron chi connectivity index (χ2n) is 6.67. The third kappa shape index (κ3) is 4.18. The zero-order valence-corrected chi connectivity index (χ0v) is 18.4. The minimum absolute atomic E-state index is 0. The van der Waals surface area contributed by atoms with Gasteiger partial charge in [-0.2, -0.15) is 0 Å². The van der Waals surface area contributed by atoms with Crippen LogP contribution in [0.15, 0.2) is 30.3 Å². The van der Waals surface area contributed by atoms with Gasteiger partial charge in [0.25, 0.3) is 0 Å². The number of benzene rings is 1. The normalized spacial score (nSPS) is 25.4. The first-order valence-corrected chi connectivity index (χ1v) is 8.96. The van der Waals surface area contributed by atoms with Crippen LogP contribution in [0.3, 0.4) is 0 Å². The molecule has 0 unspecified atom stereocenters. The van der Waals surface area contributed by atoms with E-state index < -0.39 is 40.0 Å². The molecule has 138 valence electrons. The van der Waals surface area contributed by atoms with Gasteiger partial charge in [-0.1, -0.05) is 12.1 Å². The standard InChI is InChI=1S/C18H20N2O5S.Na/c1-18(2)14(17(23)24)20-15(22)13(16(20)26-18)19-12(21)9-6-10-4-7-11(25-3)8-5-10;/h4-9,13-14,16H,1-3H3,(H,19,21)(H,23,24);/q;+1/p-1/b9-6+;/t13-,14+,16-;/m1./s1. The van der Waals surface area contributed by atoms with Crippen LogP contribution >= 0.6 is 11.8 Å². The molecule has 9 heteroatoms. The molecular formula is C18H19N2NaO5S. The fourth-order valence-electron chi connectivity index (χ4n) is 3.21. The molecule has 0 spiro atoms. The van der Waals surface area contributed by atoms with E-state index >= 15 is 0 Å². The number of aliphatic carboxylic acids is 1. The van der Waals surface area contributed by atoms with Gasteiger partial charge in [0.2, 0.25) is 11.8 Å². The summed E-state index contributed by atoms with van der Waals surface area (Å²) in [5.41, 5.74) is 0.816. The van der Waals surface area contributed by atoms with E-state index in [1.54, 1.807) is 51.3 Å². The maximum atomic E-state index is 12.3. The first-order chi connectivity index (χ1) is 12.2. The first-order valence-electron chi connectivity index (χ1n) is 8.08. The van der Waals surface area contributed by atoms with E-state index in [-0.39, 0.29) is 29.6 Å². The van der Waals surface area contributed by atoms with Crippen molar-refractivity contribution >= 4 is 35.6 Å². The molecule has 0 aromatic heterocycles. The molecule has 0 radical (unpaired) electrons. The van der Waals surface area contributed by atoms with E-state index in [4.69, 9.17) is 4.74 Å². The molecule has 2 amide bonds. The van der Waals surface area contributed by atoms with Gasteiger partial charge in [-0.05, 0) is 37.6 Å². The molecule has 2 saturated heterocycles. The second-order valence-corrected chi connectivity index (χ2v) is 8.44. The molecular weight excluding hydrogens is 379 g/mol. The van der Waals surface area contributed by atoms with Crippen LogP contribution < -0.4 is 44.7 Å². The molecule has 2 fully saturated rings. The number of thioether (sulfide) groups is 1. The van der Waals surface area contributed by atoms with Crippen molar-refractivity contribution in [1.29, 1.82) is 0 Å². The van der Waals surface area contributed by atoms with Gasteiger partial charge in [-0.15, -0.1) is 11.8 Å². The number of amides is 2. The van der Waals surface area contributed by atoms with Crippen LogP contribution in [-0.4, -0.2) is 52.0 Å². The number of hydrogen-bond acceptors (Lipinski definition) is 6. The van der Waals surface area contributed by atoms with E-state index in [1.807, 2.05) is 0 Å². The predicted molar refractivity (Wildman–Crippen MR) is 95.1 cm³/mol. The summed E-state index contributed by atoms with van der Waals surface area (Å²) in [7, 11) is 1.57. The molecule has 3 rings (SSSR count). The fourth-order valence-corrected chi connectivity index (χ4v) is 4.84. The van der Waals surface area contributed by atoms with Gasteiger partial charge >= 0.3 is 29.6 Å². The number of nitrogens with zero attached hydrogens (tertiary/aromatic N) is 1. The summed E-state index contributed by atoms with van der Waals surface area (Å²) < 4.78 is 4.40. The maximum Gasteiger partial charge on any atom is 1.00 e. The van der Waals surface area contributed by atoms with Gasteiger partial charge in [-0.25, -0.2) is 0 Å². The van der Waals surface area contributed by atoms with E-state index in [1.165, 1.54) is 22.7 Å². The summed E-state index contributed by atoms with van der Waals surface area (Å²) in [5.74, 6) is -1.36. The van der Waals surface area contributed by atoms with Crippen LogP contribution in [0.2, 0.25) is 0 Å². The molecule has 0 aliphatic carbocycles. The summed E-state index contributed by atoms with van der Waals surface area (Å²) in [5, 5.41) is 13.6. The van der Waals surface area contributed by atoms with Crippen molar-refractivity contribution in [2.24, 2.45) is 0 Å². The second kappa shape index (κ2) is 8.26. The number of ether oxygens (including phenoxy) is 1. The molecule has 2 heterocycles. The summed E-state index contributed by atoms with van der Waals surface area (Å²) in [6.07, 6.45) is 2.98. The zero-order valence-electron chi connectivity index (χ0n) is 15.6. The average Bonchev–Trinajstić information content (AvgIpc) is 2.86. The summed E-state index contributed by atoms with van der Waals surface area (Å²) in [6, 6.07) is 5.45. The number of carbonyl (C=O) groups is 3. The molecule has 3 atom stereocenters. The van der Waals surface area contributed by atoms with Gasteiger partial charge in [0.1, 0.15) is 17.2 Å². The minimum atomic E-state index is -1.28. The Labute approximate surface area is 183 Å². The average molecular weight is 398 g/mol. The first kappa shape index (κ1) is 21.8. The maximum absolute atomic E-state index is 12.3. The number of carbonyl (C=O) groups excluding carboxylic acids is 3. The van der Waals surface area contributed by atoms with Crippen molar-refractivity contribution < 1.29 is 53.8 Å². The molecule has 2 aliphatic heterocycles. The predicted octanol–water partition coefficient (Wildman–Crippen LogP) is -2.99. The largest absolute Gasteiger partial charge is 1.00 e. The van der Waals surface area contributed by atoms with Crippen LogP contribution in [0.4, 0.5) is 0 Å². The number of rotatable bonds is 5. The SMILES string of the molecule is COc1ccc(/C=C/C(=O)N[C@@H]2C(=O)N3[C@@H]2SC(C)(C)[C@@H]3C(=O)[O-])cc1.[Na+]. The van der Waals surface area contributed by atoms with E-state index in [0.29, 0.717) is 0 Å². The van der Waals surface area contributed by atoms with Crippen LogP contribution in [-0.2, 0) is 14.4 Å². The van der Waals surface area contributed by atoms with Crippen LogP contribution in [0.1, 0.15) is 19.4 Å². The Kier molecular flexibility index (Phi) is 6.68. The van der Waals surface area contributed by atoms with E-state index in [9.17, 15) is 19.5 Å². The number of carboxylic acids is 1. The Morgan fingerprint density at radius 2 is 1.93 bits per heavy atom. The van der Waals surface area contributed by atoms with Crippen LogP contribution in [0.25, 0.3) is 6.08 Å². The molecule has 0 bridgehead atoms. The van der Waals surface area contributed by atoms with Crippen molar-refractivity contribution in [1.82, 2.24) is 10.2 Å². The molecule has 7 nitrogen and oxygen atoms in total. The minimum Gasteiger partial charge on any atom is -0.548 e. The third-order valence-corrected chi connectivity index (χ3v) is 6.08. The van der Waals surface area contributed by atoms with Crippen molar-refractivity contribution in [2.45, 2.75) is 36.1 Å². The van der Waals surface area contributed by atoms with Gasteiger partial charge in [-0.3, -0.25) is 9.59 Å². The van der Waals surface area contributed by atoms with Gasteiger partial charge in [0.15, 0.2) is 0 Å². The van der Waals surface area contributed by atoms with Crippen molar-refractivity contribution in [2.75, 3.05) is 7.11 Å². The smallest absolute Gasteiger partial charge is 0.548 e. The summed E-state index contributed by atoms with van der Waals surface area (Å²) in [4.78, 5) is 37.1. The molecule has 27 heavy (non-hydrogen) atoms. The van der Waals surface area contributed by atoms with E-state index in [2.05, 4.69) is 5.32 Å². The monoisotopic (exact) mass is 398 g/mol. The zero-order chi connectivity index (χ0) is 19.1. The number of carboxylic acid groups (broad SMARTS) is 1. The molecule has 0 saturated carbocycles. The number of hydrogen-bond donors (Lipinski definition) is 1. The summed E-state index contributed by atoms with van der Waals surface area (Å²) in [6.45, 7) is 3.51. The molecule has 1 N–H and O–H groups in total. The molecule has 1 aromatic carbocycles. The van der Waals surface area contributed by atoms with Crippen molar-refractivity contribution in [3.05, 3.63) is 35.9 Å². The molecule has 1 aromatic rings. The van der Waals surface area contributed by atoms with Gasteiger partial charge < -0.3 is 24.9 Å². The van der Waals surface area contributed by atoms with Gasteiger partial charge in [0.05, 0.1) is 19.1 Å². The van der Waals surface area contributed by atoms with Crippen molar-refractivity contribution in [3.63, 3.8) is 0 Å². The van der Waals surface area contributed by atoms with Crippen LogP contribution in [0.5, 0.6) is 5.75 Å². The Balaban J connectivity index is 0.00000261. The van der Waals surface area contributed by atoms with E-state index in [0.717, 1.165) is 11.3 Å².